The molecule has 0 aromatic heterocycles. The largest absolute Gasteiger partial charge is 0.492 e. The highest BCUT2D eigenvalue weighted by Gasteiger charge is 2.20. The van der Waals surface area contributed by atoms with Gasteiger partial charge in [-0.15, -0.1) is 0 Å². The van der Waals surface area contributed by atoms with Crippen LogP contribution in [0.1, 0.15) is 6.92 Å². The minimum absolute atomic E-state index is 0.0614. The van der Waals surface area contributed by atoms with Gasteiger partial charge >= 0.3 is 0 Å². The van der Waals surface area contributed by atoms with Crippen LogP contribution in [0.25, 0.3) is 0 Å². The van der Waals surface area contributed by atoms with E-state index in [1.54, 1.807) is 13.0 Å². The first-order valence-electron chi connectivity index (χ1n) is 6.23. The molecular formula is C14H15FN2O3S. The van der Waals surface area contributed by atoms with Crippen LogP contribution in [0.5, 0.6) is 5.75 Å². The van der Waals surface area contributed by atoms with Crippen LogP contribution in [0.3, 0.4) is 0 Å². The minimum Gasteiger partial charge on any atom is -0.492 e. The van der Waals surface area contributed by atoms with E-state index >= 15 is 0 Å². The molecule has 2 aromatic rings. The molecule has 112 valence electrons. The summed E-state index contributed by atoms with van der Waals surface area (Å²) < 4.78 is 45.3. The average Bonchev–Trinajstić information content (AvgIpc) is 2.43. The third-order valence-corrected chi connectivity index (χ3v) is 4.06. The third kappa shape index (κ3) is 3.63. The molecule has 0 spiro atoms. The van der Waals surface area contributed by atoms with Crippen LogP contribution in [0.4, 0.5) is 15.8 Å². The van der Waals surface area contributed by atoms with Crippen LogP contribution in [0.15, 0.2) is 47.4 Å². The van der Waals surface area contributed by atoms with E-state index in [0.717, 1.165) is 0 Å². The Morgan fingerprint density at radius 1 is 1.19 bits per heavy atom. The molecule has 7 heteroatoms. The number of nitrogen functional groups attached to an aromatic ring is 1. The number of benzene rings is 2. The van der Waals surface area contributed by atoms with Crippen molar-refractivity contribution in [3.05, 3.63) is 48.3 Å². The van der Waals surface area contributed by atoms with Crippen molar-refractivity contribution in [2.45, 2.75) is 11.8 Å². The second-order valence-electron chi connectivity index (χ2n) is 4.25. The summed E-state index contributed by atoms with van der Waals surface area (Å²) in [5, 5.41) is 0. The molecule has 21 heavy (non-hydrogen) atoms. The smallest absolute Gasteiger partial charge is 0.265 e. The molecule has 0 saturated carbocycles. The van der Waals surface area contributed by atoms with Gasteiger partial charge in [-0.25, -0.2) is 12.8 Å². The monoisotopic (exact) mass is 310 g/mol. The average molecular weight is 310 g/mol. The molecule has 0 atom stereocenters. The zero-order valence-electron chi connectivity index (χ0n) is 11.3. The highest BCUT2D eigenvalue weighted by atomic mass is 32.2. The van der Waals surface area contributed by atoms with Crippen molar-refractivity contribution in [2.75, 3.05) is 17.1 Å². The lowest BCUT2D eigenvalue weighted by atomic mass is 10.3. The first kappa shape index (κ1) is 15.1. The Morgan fingerprint density at radius 2 is 1.86 bits per heavy atom. The van der Waals surface area contributed by atoms with Gasteiger partial charge in [0.2, 0.25) is 0 Å². The fraction of sp³-hybridized carbons (Fsp3) is 0.143. The summed E-state index contributed by atoms with van der Waals surface area (Å²) in [4.78, 5) is -0.0614. The number of nitrogens with one attached hydrogen (secondary N) is 1. The summed E-state index contributed by atoms with van der Waals surface area (Å²) in [5.41, 5.74) is 6.19. The summed E-state index contributed by atoms with van der Waals surface area (Å²) in [6, 6.07) is 9.37. The maximum Gasteiger partial charge on any atom is 0.265 e. The standard InChI is InChI=1S/C14H15FN2O3S/c1-2-20-13-8-5-11(16)9-14(13)21(18,19)17-12-6-3-10(15)4-7-12/h3-9,17H,2,16H2,1H3. The zero-order valence-corrected chi connectivity index (χ0v) is 12.2. The van der Waals surface area contributed by atoms with E-state index in [1.807, 2.05) is 0 Å². The van der Waals surface area contributed by atoms with Gasteiger partial charge in [-0.3, -0.25) is 4.72 Å². The fourth-order valence-corrected chi connectivity index (χ4v) is 2.98. The number of halogens is 1. The van der Waals surface area contributed by atoms with Crippen LogP contribution in [-0.2, 0) is 10.0 Å². The maximum atomic E-state index is 12.8. The molecule has 3 N–H and O–H groups in total. The molecule has 0 bridgehead atoms. The molecule has 0 aliphatic carbocycles. The summed E-state index contributed by atoms with van der Waals surface area (Å²) in [6.45, 7) is 2.07. The Labute approximate surface area is 122 Å². The van der Waals surface area contributed by atoms with Gasteiger partial charge in [-0.2, -0.15) is 0 Å². The van der Waals surface area contributed by atoms with E-state index in [9.17, 15) is 12.8 Å². The predicted octanol–water partition coefficient (Wildman–Crippen LogP) is 2.61. The van der Waals surface area contributed by atoms with Gasteiger partial charge in [0.05, 0.1) is 6.61 Å². The maximum absolute atomic E-state index is 12.8. The molecule has 2 rings (SSSR count). The van der Waals surface area contributed by atoms with Gasteiger partial charge in [0.25, 0.3) is 10.0 Å². The Morgan fingerprint density at radius 3 is 2.48 bits per heavy atom. The number of ether oxygens (including phenoxy) is 1. The number of hydrogen-bond donors (Lipinski definition) is 2. The van der Waals surface area contributed by atoms with Gasteiger partial charge in [-0.05, 0) is 49.4 Å². The van der Waals surface area contributed by atoms with E-state index in [2.05, 4.69) is 4.72 Å². The van der Waals surface area contributed by atoms with Gasteiger partial charge in [0, 0.05) is 11.4 Å². The summed E-state index contributed by atoms with van der Waals surface area (Å²) in [6.07, 6.45) is 0. The lowest BCUT2D eigenvalue weighted by Crippen LogP contribution is -2.15. The Hall–Kier alpha value is -2.28. The third-order valence-electron chi connectivity index (χ3n) is 2.65. The topological polar surface area (TPSA) is 81.4 Å². The Balaban J connectivity index is 2.39. The number of rotatable bonds is 5. The second-order valence-corrected chi connectivity index (χ2v) is 5.90. The van der Waals surface area contributed by atoms with E-state index < -0.39 is 15.8 Å². The van der Waals surface area contributed by atoms with E-state index in [0.29, 0.717) is 12.3 Å². The second kappa shape index (κ2) is 6.01. The molecule has 0 aliphatic rings. The fourth-order valence-electron chi connectivity index (χ4n) is 1.74. The van der Waals surface area contributed by atoms with Gasteiger partial charge in [0.15, 0.2) is 0 Å². The summed E-state index contributed by atoms with van der Waals surface area (Å²) >= 11 is 0. The van der Waals surface area contributed by atoms with Crippen molar-refractivity contribution in [2.24, 2.45) is 0 Å². The summed E-state index contributed by atoms with van der Waals surface area (Å²) in [7, 11) is -3.88. The first-order chi connectivity index (χ1) is 9.92. The SMILES string of the molecule is CCOc1ccc(N)cc1S(=O)(=O)Nc1ccc(F)cc1. The number of anilines is 2. The van der Waals surface area contributed by atoms with Crippen molar-refractivity contribution < 1.29 is 17.5 Å². The molecular weight excluding hydrogens is 295 g/mol. The van der Waals surface area contributed by atoms with Gasteiger partial charge in [-0.1, -0.05) is 0 Å². The van der Waals surface area contributed by atoms with Gasteiger partial charge < -0.3 is 10.5 Å². The lowest BCUT2D eigenvalue weighted by molar-refractivity contribution is 0.331. The molecule has 0 aliphatic heterocycles. The molecule has 5 nitrogen and oxygen atoms in total. The van der Waals surface area contributed by atoms with E-state index in [1.165, 1.54) is 36.4 Å². The van der Waals surface area contributed by atoms with Crippen LogP contribution in [0.2, 0.25) is 0 Å². The molecule has 0 saturated heterocycles. The Bertz CT molecular complexity index is 730. The normalized spacial score (nSPS) is 11.1. The molecule has 0 amide bonds. The highest BCUT2D eigenvalue weighted by molar-refractivity contribution is 7.92. The Kier molecular flexibility index (Phi) is 4.32. The van der Waals surface area contributed by atoms with Gasteiger partial charge in [0.1, 0.15) is 16.5 Å². The molecule has 0 fully saturated rings. The predicted molar refractivity (Wildman–Crippen MR) is 79.2 cm³/mol. The molecule has 0 radical (unpaired) electrons. The van der Waals surface area contributed by atoms with E-state index in [4.69, 9.17) is 10.5 Å². The zero-order chi connectivity index (χ0) is 15.5. The van der Waals surface area contributed by atoms with Crippen LogP contribution in [-0.4, -0.2) is 15.0 Å². The van der Waals surface area contributed by atoms with Crippen molar-refractivity contribution in [3.8, 4) is 5.75 Å². The molecule has 2 aromatic carbocycles. The minimum atomic E-state index is -3.88. The lowest BCUT2D eigenvalue weighted by Gasteiger charge is -2.13. The number of sulfonamides is 1. The van der Waals surface area contributed by atoms with Crippen molar-refractivity contribution in [3.63, 3.8) is 0 Å². The van der Waals surface area contributed by atoms with Crippen molar-refractivity contribution in [1.82, 2.24) is 0 Å². The van der Waals surface area contributed by atoms with Crippen LogP contribution in [0, 0.1) is 5.82 Å². The number of hydrogen-bond acceptors (Lipinski definition) is 4. The van der Waals surface area contributed by atoms with E-state index in [-0.39, 0.29) is 16.3 Å². The van der Waals surface area contributed by atoms with Crippen LogP contribution < -0.4 is 15.2 Å². The quantitative estimate of drug-likeness (QED) is 0.832. The number of nitrogens with two attached hydrogens (primary N) is 1. The van der Waals surface area contributed by atoms with Crippen molar-refractivity contribution >= 4 is 21.4 Å². The van der Waals surface area contributed by atoms with Crippen LogP contribution >= 0.6 is 0 Å². The first-order valence-corrected chi connectivity index (χ1v) is 7.71. The molecule has 0 heterocycles. The highest BCUT2D eigenvalue weighted by Crippen LogP contribution is 2.28. The molecule has 0 unspecified atom stereocenters. The summed E-state index contributed by atoms with van der Waals surface area (Å²) in [5.74, 6) is -0.238. The van der Waals surface area contributed by atoms with Crippen molar-refractivity contribution in [1.29, 1.82) is 0 Å².